The molecule has 128 valence electrons. The minimum absolute atomic E-state index is 0.197. The Bertz CT molecular complexity index is 552. The SMILES string of the molecule is COCC(O)CCNC(=O)NCC1(c2ccc(F)cc2Cl)CC1. The van der Waals surface area contributed by atoms with E-state index >= 15 is 0 Å². The van der Waals surface area contributed by atoms with Crippen molar-refractivity contribution in [2.75, 3.05) is 26.8 Å². The minimum atomic E-state index is -0.590. The molecule has 5 nitrogen and oxygen atoms in total. The fraction of sp³-hybridized carbons (Fsp3) is 0.562. The molecule has 2 rings (SSSR count). The first-order chi connectivity index (χ1) is 11.0. The summed E-state index contributed by atoms with van der Waals surface area (Å²) in [7, 11) is 1.51. The molecule has 3 N–H and O–H groups in total. The second-order valence-corrected chi connectivity index (χ2v) is 6.32. The summed E-state index contributed by atoms with van der Waals surface area (Å²) >= 11 is 6.11. The van der Waals surface area contributed by atoms with E-state index in [9.17, 15) is 14.3 Å². The number of methoxy groups -OCH3 is 1. The van der Waals surface area contributed by atoms with Gasteiger partial charge in [0.05, 0.1) is 12.7 Å². The normalized spacial score (nSPS) is 16.7. The maximum Gasteiger partial charge on any atom is 0.314 e. The molecule has 0 radical (unpaired) electrons. The lowest BCUT2D eigenvalue weighted by atomic mass is 9.96. The van der Waals surface area contributed by atoms with Crippen LogP contribution in [0.5, 0.6) is 0 Å². The van der Waals surface area contributed by atoms with E-state index in [0.717, 1.165) is 18.4 Å². The summed E-state index contributed by atoms with van der Waals surface area (Å²) in [5.74, 6) is -0.366. The Morgan fingerprint density at radius 2 is 2.22 bits per heavy atom. The number of rotatable bonds is 8. The zero-order chi connectivity index (χ0) is 16.9. The van der Waals surface area contributed by atoms with Gasteiger partial charge in [-0.25, -0.2) is 9.18 Å². The Morgan fingerprint density at radius 1 is 1.48 bits per heavy atom. The van der Waals surface area contributed by atoms with Gasteiger partial charge >= 0.3 is 6.03 Å². The number of aliphatic hydroxyl groups excluding tert-OH is 1. The Kier molecular flexibility index (Phi) is 6.21. The third kappa shape index (κ3) is 5.06. The van der Waals surface area contributed by atoms with Crippen molar-refractivity contribution in [3.63, 3.8) is 0 Å². The van der Waals surface area contributed by atoms with Crippen molar-refractivity contribution >= 4 is 17.6 Å². The summed E-state index contributed by atoms with van der Waals surface area (Å²) in [5.41, 5.74) is 0.675. The Hall–Kier alpha value is -1.37. The molecule has 1 aromatic rings. The molecule has 1 atom stereocenters. The summed E-state index contributed by atoms with van der Waals surface area (Å²) < 4.78 is 17.9. The van der Waals surface area contributed by atoms with Crippen LogP contribution in [0.25, 0.3) is 0 Å². The number of benzene rings is 1. The lowest BCUT2D eigenvalue weighted by Gasteiger charge is -2.18. The minimum Gasteiger partial charge on any atom is -0.391 e. The molecule has 0 spiro atoms. The lowest BCUT2D eigenvalue weighted by Crippen LogP contribution is -2.41. The quantitative estimate of drug-likeness (QED) is 0.677. The van der Waals surface area contributed by atoms with Crippen molar-refractivity contribution in [3.8, 4) is 0 Å². The number of carbonyl (C=O) groups excluding carboxylic acids is 1. The summed E-state index contributed by atoms with van der Waals surface area (Å²) in [4.78, 5) is 11.8. The Morgan fingerprint density at radius 3 is 2.83 bits per heavy atom. The summed E-state index contributed by atoms with van der Waals surface area (Å²) in [6.07, 6.45) is 1.65. The number of halogens is 2. The second-order valence-electron chi connectivity index (χ2n) is 5.91. The summed E-state index contributed by atoms with van der Waals surface area (Å²) in [6, 6.07) is 4.08. The number of urea groups is 1. The smallest absolute Gasteiger partial charge is 0.314 e. The predicted octanol–water partition coefficient (Wildman–Crippen LogP) is 2.21. The highest BCUT2D eigenvalue weighted by atomic mass is 35.5. The van der Waals surface area contributed by atoms with Gasteiger partial charge in [-0.3, -0.25) is 0 Å². The van der Waals surface area contributed by atoms with E-state index in [1.807, 2.05) is 0 Å². The number of amides is 2. The van der Waals surface area contributed by atoms with Crippen molar-refractivity contribution in [1.29, 1.82) is 0 Å². The van der Waals surface area contributed by atoms with Crippen molar-refractivity contribution in [2.45, 2.75) is 30.8 Å². The van der Waals surface area contributed by atoms with Crippen LogP contribution in [0.15, 0.2) is 18.2 Å². The molecule has 23 heavy (non-hydrogen) atoms. The summed E-state index contributed by atoms with van der Waals surface area (Å²) in [5, 5.41) is 15.4. The third-order valence-corrected chi connectivity index (χ3v) is 4.38. The number of ether oxygens (including phenoxy) is 1. The zero-order valence-corrected chi connectivity index (χ0v) is 13.8. The monoisotopic (exact) mass is 344 g/mol. The van der Waals surface area contributed by atoms with Crippen LogP contribution in [0, 0.1) is 5.82 Å². The first kappa shape index (κ1) is 18.0. The molecule has 7 heteroatoms. The van der Waals surface area contributed by atoms with Gasteiger partial charge in [0, 0.05) is 30.6 Å². The standard InChI is InChI=1S/C16H22ClFN2O3/c1-23-9-12(21)4-7-19-15(22)20-10-16(5-6-16)13-3-2-11(18)8-14(13)17/h2-3,8,12,21H,4-7,9-10H2,1H3,(H2,19,20,22). The fourth-order valence-electron chi connectivity index (χ4n) is 2.55. The summed E-state index contributed by atoms with van der Waals surface area (Å²) in [6.45, 7) is 1.06. The van der Waals surface area contributed by atoms with Crippen molar-refractivity contribution < 1.29 is 19.0 Å². The van der Waals surface area contributed by atoms with Crippen LogP contribution >= 0.6 is 11.6 Å². The molecular formula is C16H22ClFN2O3. The number of hydrogen-bond acceptors (Lipinski definition) is 3. The predicted molar refractivity (Wildman–Crippen MR) is 86.2 cm³/mol. The van der Waals surface area contributed by atoms with Gasteiger partial charge in [-0.05, 0) is 37.0 Å². The number of aliphatic hydroxyl groups is 1. The average molecular weight is 345 g/mol. The molecule has 0 aromatic heterocycles. The van der Waals surface area contributed by atoms with Crippen LogP contribution in [-0.2, 0) is 10.2 Å². The zero-order valence-electron chi connectivity index (χ0n) is 13.1. The molecule has 0 aliphatic heterocycles. The molecule has 0 bridgehead atoms. The van der Waals surface area contributed by atoms with E-state index in [2.05, 4.69) is 10.6 Å². The molecule has 1 fully saturated rings. The van der Waals surface area contributed by atoms with Gasteiger partial charge in [-0.1, -0.05) is 17.7 Å². The molecule has 1 aromatic carbocycles. The van der Waals surface area contributed by atoms with E-state index in [0.29, 0.717) is 24.5 Å². The van der Waals surface area contributed by atoms with E-state index in [1.54, 1.807) is 6.07 Å². The van der Waals surface area contributed by atoms with Gasteiger partial charge < -0.3 is 20.5 Å². The van der Waals surface area contributed by atoms with Gasteiger partial charge in [-0.2, -0.15) is 0 Å². The average Bonchev–Trinajstić information content (AvgIpc) is 3.26. The van der Waals surface area contributed by atoms with Crippen molar-refractivity contribution in [1.82, 2.24) is 10.6 Å². The third-order valence-electron chi connectivity index (χ3n) is 4.07. The molecule has 0 heterocycles. The highest BCUT2D eigenvalue weighted by Crippen LogP contribution is 2.50. The highest BCUT2D eigenvalue weighted by Gasteiger charge is 2.45. The topological polar surface area (TPSA) is 70.6 Å². The van der Waals surface area contributed by atoms with Crippen LogP contribution < -0.4 is 10.6 Å². The van der Waals surface area contributed by atoms with Gasteiger partial charge in [0.15, 0.2) is 0 Å². The van der Waals surface area contributed by atoms with Crippen LogP contribution in [0.2, 0.25) is 5.02 Å². The molecule has 0 saturated heterocycles. The van der Waals surface area contributed by atoms with E-state index < -0.39 is 6.10 Å². The van der Waals surface area contributed by atoms with Gasteiger partial charge in [0.1, 0.15) is 5.82 Å². The molecule has 1 aliphatic rings. The first-order valence-electron chi connectivity index (χ1n) is 7.61. The number of hydrogen-bond donors (Lipinski definition) is 3. The van der Waals surface area contributed by atoms with E-state index in [4.69, 9.17) is 16.3 Å². The maximum atomic E-state index is 13.1. The van der Waals surface area contributed by atoms with Crippen LogP contribution in [-0.4, -0.2) is 44.0 Å². The molecule has 2 amide bonds. The van der Waals surface area contributed by atoms with E-state index in [-0.39, 0.29) is 23.9 Å². The van der Waals surface area contributed by atoms with Crippen molar-refractivity contribution in [3.05, 3.63) is 34.6 Å². The highest BCUT2D eigenvalue weighted by molar-refractivity contribution is 6.31. The Balaban J connectivity index is 1.78. The van der Waals surface area contributed by atoms with Gasteiger partial charge in [0.25, 0.3) is 0 Å². The molecule has 1 saturated carbocycles. The molecule has 1 aliphatic carbocycles. The molecule has 1 unspecified atom stereocenters. The number of nitrogens with one attached hydrogen (secondary N) is 2. The first-order valence-corrected chi connectivity index (χ1v) is 7.99. The van der Waals surface area contributed by atoms with Crippen molar-refractivity contribution in [2.24, 2.45) is 0 Å². The lowest BCUT2D eigenvalue weighted by molar-refractivity contribution is 0.0598. The second kappa shape index (κ2) is 7.95. The maximum absolute atomic E-state index is 13.1. The largest absolute Gasteiger partial charge is 0.391 e. The van der Waals surface area contributed by atoms with Gasteiger partial charge in [0.2, 0.25) is 0 Å². The number of carbonyl (C=O) groups is 1. The van der Waals surface area contributed by atoms with Gasteiger partial charge in [-0.15, -0.1) is 0 Å². The fourth-order valence-corrected chi connectivity index (χ4v) is 2.92. The van der Waals surface area contributed by atoms with Crippen LogP contribution in [0.3, 0.4) is 0 Å². The van der Waals surface area contributed by atoms with Crippen LogP contribution in [0.1, 0.15) is 24.8 Å². The Labute approximate surface area is 140 Å². The molecular weight excluding hydrogens is 323 g/mol. The van der Waals surface area contributed by atoms with Crippen LogP contribution in [0.4, 0.5) is 9.18 Å². The van der Waals surface area contributed by atoms with E-state index in [1.165, 1.54) is 19.2 Å².